The zero-order valence-electron chi connectivity index (χ0n) is 18.5. The number of carbonyl (C=O) groups excluding carboxylic acids is 1. The molecule has 0 bridgehead atoms. The number of fused-ring (bicyclic) bond motifs is 1. The van der Waals surface area contributed by atoms with Gasteiger partial charge in [0, 0.05) is 44.7 Å². The molecule has 5 rings (SSSR count). The van der Waals surface area contributed by atoms with E-state index in [0.717, 1.165) is 61.3 Å². The Labute approximate surface area is 187 Å². The Morgan fingerprint density at radius 1 is 1.03 bits per heavy atom. The average Bonchev–Trinajstić information content (AvgIpc) is 3.44. The van der Waals surface area contributed by atoms with E-state index in [1.165, 1.54) is 0 Å². The van der Waals surface area contributed by atoms with Gasteiger partial charge >= 0.3 is 0 Å². The summed E-state index contributed by atoms with van der Waals surface area (Å²) in [6.07, 6.45) is 7.95. The molecule has 2 aliphatic rings. The van der Waals surface area contributed by atoms with Gasteiger partial charge in [0.25, 0.3) is 5.91 Å². The van der Waals surface area contributed by atoms with E-state index in [1.54, 1.807) is 12.1 Å². The molecule has 1 amide bonds. The van der Waals surface area contributed by atoms with E-state index < -0.39 is 0 Å². The third-order valence-corrected chi connectivity index (χ3v) is 5.71. The zero-order chi connectivity index (χ0) is 22.1. The van der Waals surface area contributed by atoms with Crippen molar-refractivity contribution < 1.29 is 4.79 Å². The van der Waals surface area contributed by atoms with Crippen molar-refractivity contribution in [1.29, 1.82) is 0 Å². The monoisotopic (exact) mass is 429 g/mol. The summed E-state index contributed by atoms with van der Waals surface area (Å²) in [7, 11) is 3.94. The first-order valence-electron chi connectivity index (χ1n) is 11.1. The molecule has 8 heteroatoms. The smallest absolute Gasteiger partial charge is 0.270 e. The minimum absolute atomic E-state index is 0.137. The fourth-order valence-corrected chi connectivity index (χ4v) is 3.88. The molecule has 0 unspecified atom stereocenters. The fourth-order valence-electron chi connectivity index (χ4n) is 3.88. The number of amides is 1. The summed E-state index contributed by atoms with van der Waals surface area (Å²) in [6.45, 7) is 1.90. The molecule has 1 aliphatic carbocycles. The standard InChI is InChI=1S/C24H27N7O/c1-30(2)23-17-7-3-4-8-18(17)26-21(29-23)12-11-20-27-19(24(32)25-16-9-10-16)15-22(28-20)31-13-5-6-14-31/h3-4,7-8,11-12,15-16H,5-6,9-10,13-14H2,1-2H3,(H,25,32)/b12-11+. The maximum atomic E-state index is 12.7. The molecule has 1 saturated carbocycles. The van der Waals surface area contributed by atoms with Gasteiger partial charge in [0.1, 0.15) is 17.3 Å². The third kappa shape index (κ3) is 4.39. The van der Waals surface area contributed by atoms with E-state index in [4.69, 9.17) is 9.97 Å². The predicted octanol–water partition coefficient (Wildman–Crippen LogP) is 3.15. The van der Waals surface area contributed by atoms with Crippen LogP contribution in [0.1, 0.15) is 47.8 Å². The van der Waals surface area contributed by atoms with Gasteiger partial charge in [0.15, 0.2) is 11.6 Å². The van der Waals surface area contributed by atoms with Crippen LogP contribution in [0, 0.1) is 0 Å². The van der Waals surface area contributed by atoms with Crippen LogP contribution in [0.4, 0.5) is 11.6 Å². The number of para-hydroxylation sites is 1. The number of anilines is 2. The van der Waals surface area contributed by atoms with E-state index in [-0.39, 0.29) is 11.9 Å². The first-order chi connectivity index (χ1) is 15.6. The van der Waals surface area contributed by atoms with Gasteiger partial charge in [0.2, 0.25) is 0 Å². The molecule has 32 heavy (non-hydrogen) atoms. The molecule has 1 aromatic carbocycles. The van der Waals surface area contributed by atoms with E-state index in [0.29, 0.717) is 17.3 Å². The highest BCUT2D eigenvalue weighted by Gasteiger charge is 2.25. The van der Waals surface area contributed by atoms with Crippen molar-refractivity contribution in [3.8, 4) is 0 Å². The second-order valence-electron chi connectivity index (χ2n) is 8.56. The van der Waals surface area contributed by atoms with Crippen LogP contribution in [0.25, 0.3) is 23.1 Å². The van der Waals surface area contributed by atoms with E-state index in [2.05, 4.69) is 20.2 Å². The van der Waals surface area contributed by atoms with Gasteiger partial charge in [-0.2, -0.15) is 0 Å². The largest absolute Gasteiger partial charge is 0.362 e. The van der Waals surface area contributed by atoms with Crippen molar-refractivity contribution in [3.05, 3.63) is 47.7 Å². The summed E-state index contributed by atoms with van der Waals surface area (Å²) in [5.74, 6) is 2.57. The van der Waals surface area contributed by atoms with Gasteiger partial charge in [-0.3, -0.25) is 4.79 Å². The van der Waals surface area contributed by atoms with Gasteiger partial charge in [-0.25, -0.2) is 19.9 Å². The molecule has 3 heterocycles. The Morgan fingerprint density at radius 3 is 2.47 bits per heavy atom. The summed E-state index contributed by atoms with van der Waals surface area (Å²) >= 11 is 0. The maximum Gasteiger partial charge on any atom is 0.270 e. The number of rotatable bonds is 6. The van der Waals surface area contributed by atoms with Gasteiger partial charge in [-0.1, -0.05) is 12.1 Å². The molecular weight excluding hydrogens is 402 g/mol. The highest BCUT2D eigenvalue weighted by atomic mass is 16.2. The lowest BCUT2D eigenvalue weighted by molar-refractivity contribution is 0.0946. The van der Waals surface area contributed by atoms with Crippen LogP contribution in [0.5, 0.6) is 0 Å². The minimum atomic E-state index is -0.137. The molecule has 0 radical (unpaired) electrons. The van der Waals surface area contributed by atoms with Crippen molar-refractivity contribution in [1.82, 2.24) is 25.3 Å². The molecule has 1 saturated heterocycles. The van der Waals surface area contributed by atoms with Crippen LogP contribution >= 0.6 is 0 Å². The van der Waals surface area contributed by atoms with Crippen molar-refractivity contribution in [2.45, 2.75) is 31.7 Å². The van der Waals surface area contributed by atoms with Gasteiger partial charge in [-0.05, 0) is 50.0 Å². The van der Waals surface area contributed by atoms with Gasteiger partial charge < -0.3 is 15.1 Å². The Balaban J connectivity index is 1.49. The summed E-state index contributed by atoms with van der Waals surface area (Å²) in [5.41, 5.74) is 1.28. The second kappa shape index (κ2) is 8.53. The maximum absolute atomic E-state index is 12.7. The molecule has 1 N–H and O–H groups in total. The summed E-state index contributed by atoms with van der Waals surface area (Å²) < 4.78 is 0. The fraction of sp³-hybridized carbons (Fsp3) is 0.375. The SMILES string of the molecule is CN(C)c1nc(/C=C/c2nc(C(=O)NC3CC3)cc(N3CCCC3)n2)nc2ccccc12. The van der Waals surface area contributed by atoms with Crippen molar-refractivity contribution >= 4 is 40.6 Å². The summed E-state index contributed by atoms with van der Waals surface area (Å²) in [4.78, 5) is 35.5. The third-order valence-electron chi connectivity index (χ3n) is 5.71. The average molecular weight is 430 g/mol. The van der Waals surface area contributed by atoms with E-state index in [9.17, 15) is 4.79 Å². The molecular formula is C24H27N7O. The number of carbonyl (C=O) groups is 1. The topological polar surface area (TPSA) is 87.1 Å². The Hall–Kier alpha value is -3.55. The molecule has 0 spiro atoms. The molecule has 8 nitrogen and oxygen atoms in total. The molecule has 1 aliphatic heterocycles. The lowest BCUT2D eigenvalue weighted by atomic mass is 10.2. The number of hydrogen-bond acceptors (Lipinski definition) is 7. The van der Waals surface area contributed by atoms with Gasteiger partial charge in [0.05, 0.1) is 5.52 Å². The van der Waals surface area contributed by atoms with E-state index in [1.807, 2.05) is 49.3 Å². The second-order valence-corrected chi connectivity index (χ2v) is 8.56. The number of aromatic nitrogens is 4. The Morgan fingerprint density at radius 2 is 1.75 bits per heavy atom. The zero-order valence-corrected chi connectivity index (χ0v) is 18.5. The van der Waals surface area contributed by atoms with Crippen molar-refractivity contribution in [3.63, 3.8) is 0 Å². The summed E-state index contributed by atoms with van der Waals surface area (Å²) in [5, 5.41) is 4.03. The van der Waals surface area contributed by atoms with Crippen LogP contribution in [-0.2, 0) is 0 Å². The van der Waals surface area contributed by atoms with Crippen molar-refractivity contribution in [2.24, 2.45) is 0 Å². The first kappa shape index (κ1) is 20.4. The van der Waals surface area contributed by atoms with Crippen LogP contribution in [0.3, 0.4) is 0 Å². The van der Waals surface area contributed by atoms with Crippen LogP contribution in [0.2, 0.25) is 0 Å². The number of hydrogen-bond donors (Lipinski definition) is 1. The van der Waals surface area contributed by atoms with Crippen LogP contribution in [-0.4, -0.2) is 59.1 Å². The molecule has 2 fully saturated rings. The minimum Gasteiger partial charge on any atom is -0.362 e. The van der Waals surface area contributed by atoms with Crippen LogP contribution in [0.15, 0.2) is 30.3 Å². The number of nitrogens with one attached hydrogen (secondary N) is 1. The normalized spacial score (nSPS) is 16.1. The van der Waals surface area contributed by atoms with Crippen LogP contribution < -0.4 is 15.1 Å². The summed E-state index contributed by atoms with van der Waals surface area (Å²) in [6, 6.07) is 10.0. The lowest BCUT2D eigenvalue weighted by Gasteiger charge is -2.17. The molecule has 2 aromatic heterocycles. The highest BCUT2D eigenvalue weighted by molar-refractivity contribution is 5.94. The number of nitrogens with zero attached hydrogens (tertiary/aromatic N) is 6. The molecule has 164 valence electrons. The molecule has 3 aromatic rings. The van der Waals surface area contributed by atoms with Crippen molar-refractivity contribution in [2.75, 3.05) is 37.0 Å². The highest BCUT2D eigenvalue weighted by Crippen LogP contribution is 2.24. The van der Waals surface area contributed by atoms with Gasteiger partial charge in [-0.15, -0.1) is 0 Å². The lowest BCUT2D eigenvalue weighted by Crippen LogP contribution is -2.28. The first-order valence-corrected chi connectivity index (χ1v) is 11.1. The number of benzene rings is 1. The quantitative estimate of drug-likeness (QED) is 0.644. The predicted molar refractivity (Wildman–Crippen MR) is 127 cm³/mol. The Bertz CT molecular complexity index is 1180. The van der Waals surface area contributed by atoms with E-state index >= 15 is 0 Å². The Kier molecular flexibility index (Phi) is 5.43. The molecule has 0 atom stereocenters.